The fourth-order valence-corrected chi connectivity index (χ4v) is 8.31. The lowest BCUT2D eigenvalue weighted by Gasteiger charge is -2.28. The minimum Gasteiger partial charge on any atom is -0.756 e. The minimum absolute atomic E-state index is 0.0575. The molecule has 0 bridgehead atoms. The number of ether oxygens (including phenoxy) is 2. The number of likely N-dealkylation sites (N-methyl/N-ethyl adjacent to an activating group) is 1. The molecule has 0 saturated heterocycles. The quantitative estimate of drug-likeness (QED) is 0.0195. The predicted octanol–water partition coefficient (Wildman–Crippen LogP) is 20.6. The van der Waals surface area contributed by atoms with Gasteiger partial charge in [-0.25, -0.2) is 0 Å². The smallest absolute Gasteiger partial charge is 0.306 e. The molecule has 0 radical (unpaired) electrons. The number of hydrogen-bond donors (Lipinski definition) is 0. The molecule has 0 aromatic carbocycles. The second-order valence-corrected chi connectivity index (χ2v) is 23.1. The molecule has 0 heterocycles. The van der Waals surface area contributed by atoms with Crippen LogP contribution >= 0.6 is 7.82 Å². The first-order chi connectivity index (χ1) is 42.0. The lowest BCUT2D eigenvalue weighted by Crippen LogP contribution is -2.37. The van der Waals surface area contributed by atoms with Crippen LogP contribution in [0.15, 0.2) is 219 Å². The average Bonchev–Trinajstić information content (AvgIpc) is 3.56. The van der Waals surface area contributed by atoms with Crippen molar-refractivity contribution in [3.63, 3.8) is 0 Å². The number of quaternary nitrogens is 1. The highest BCUT2D eigenvalue weighted by molar-refractivity contribution is 7.45. The molecule has 0 saturated carbocycles. The molecule has 0 aromatic heterocycles. The molecule has 0 aromatic rings. The van der Waals surface area contributed by atoms with Gasteiger partial charge in [0.2, 0.25) is 0 Å². The topological polar surface area (TPSA) is 111 Å². The van der Waals surface area contributed by atoms with Crippen molar-refractivity contribution in [1.29, 1.82) is 0 Å². The Morgan fingerprint density at radius 3 is 0.942 bits per heavy atom. The molecule has 9 nitrogen and oxygen atoms in total. The van der Waals surface area contributed by atoms with Crippen LogP contribution in [0.25, 0.3) is 0 Å². The van der Waals surface area contributed by atoms with Crippen LogP contribution in [0.4, 0.5) is 0 Å². The Morgan fingerprint density at radius 2 is 0.628 bits per heavy atom. The van der Waals surface area contributed by atoms with E-state index in [9.17, 15) is 19.0 Å². The van der Waals surface area contributed by atoms with E-state index in [-0.39, 0.29) is 26.1 Å². The van der Waals surface area contributed by atoms with E-state index in [1.807, 2.05) is 21.1 Å². The normalized spacial score (nSPS) is 14.6. The predicted molar refractivity (Wildman–Crippen MR) is 368 cm³/mol. The Morgan fingerprint density at radius 1 is 0.360 bits per heavy atom. The standard InChI is InChI=1S/C76H116NO8P/c1-6-8-10-12-14-16-18-20-22-24-26-28-30-31-32-33-34-35-36-37-38-39-40-41-42-43-44-45-47-49-51-53-55-57-59-61-63-65-67-69-76(79)85-74(73-84-86(80,81)83-71-70-77(3,4)5)72-82-75(78)68-66-64-62-60-58-56-54-52-50-48-46-29-27-25-23-21-19-17-15-13-11-9-7-2/h8-11,14-17,20-23,26-29,31-32,34-35,37-38,40-41,43-44,47-50,53-56,59,61,74H,6-7,12-13,18-19,24-25,30,33,36,39,42,45-46,51-52,57-58,60,62-73H2,1-5H3/b10-8-,11-9-,16-14-,17-15-,22-20-,23-21-,28-26-,29-27-,32-31-,35-34-,38-37-,41-40-,44-43-,49-47-,50-48-,55-53-,56-54-,61-59-. The molecule has 0 N–H and O–H groups in total. The molecular formula is C76H116NO8P. The van der Waals surface area contributed by atoms with Gasteiger partial charge in [-0.1, -0.05) is 245 Å². The van der Waals surface area contributed by atoms with Gasteiger partial charge in [-0.2, -0.15) is 0 Å². The average molecular weight is 1200 g/mol. The number of phosphoric acid groups is 1. The molecule has 0 aliphatic heterocycles. The van der Waals surface area contributed by atoms with Gasteiger partial charge in [-0.15, -0.1) is 0 Å². The van der Waals surface area contributed by atoms with E-state index in [1.165, 1.54) is 0 Å². The van der Waals surface area contributed by atoms with Gasteiger partial charge >= 0.3 is 11.9 Å². The summed E-state index contributed by atoms with van der Waals surface area (Å²) in [5, 5.41) is 0. The molecule has 0 fully saturated rings. The highest BCUT2D eigenvalue weighted by atomic mass is 31.2. The fourth-order valence-electron chi connectivity index (χ4n) is 7.58. The van der Waals surface area contributed by atoms with Gasteiger partial charge in [-0.05, 0) is 154 Å². The van der Waals surface area contributed by atoms with Gasteiger partial charge in [0.1, 0.15) is 19.8 Å². The summed E-state index contributed by atoms with van der Waals surface area (Å²) in [6.45, 7) is 3.88. The second-order valence-electron chi connectivity index (χ2n) is 21.7. The summed E-state index contributed by atoms with van der Waals surface area (Å²) in [4.78, 5) is 37.9. The maximum atomic E-state index is 12.8. The molecule has 478 valence electrons. The van der Waals surface area contributed by atoms with Crippen molar-refractivity contribution in [1.82, 2.24) is 0 Å². The number of allylic oxidation sites excluding steroid dienone is 36. The van der Waals surface area contributed by atoms with E-state index >= 15 is 0 Å². The summed E-state index contributed by atoms with van der Waals surface area (Å²) >= 11 is 0. The summed E-state index contributed by atoms with van der Waals surface area (Å²) in [5.41, 5.74) is 0. The number of esters is 2. The third-order valence-corrected chi connectivity index (χ3v) is 13.5. The molecule has 0 aliphatic rings. The zero-order valence-corrected chi connectivity index (χ0v) is 55.0. The monoisotopic (exact) mass is 1200 g/mol. The second kappa shape index (κ2) is 63.8. The van der Waals surface area contributed by atoms with E-state index in [4.69, 9.17) is 18.5 Å². The Hall–Kier alpha value is -5.67. The minimum atomic E-state index is -4.68. The molecule has 0 rings (SSSR count). The van der Waals surface area contributed by atoms with Crippen molar-refractivity contribution in [2.24, 2.45) is 0 Å². The van der Waals surface area contributed by atoms with E-state index < -0.39 is 32.5 Å². The number of rotatable bonds is 56. The van der Waals surface area contributed by atoms with Gasteiger partial charge in [0.05, 0.1) is 27.7 Å². The van der Waals surface area contributed by atoms with Gasteiger partial charge in [0.15, 0.2) is 6.10 Å². The molecule has 2 atom stereocenters. The molecule has 2 unspecified atom stereocenters. The summed E-state index contributed by atoms with van der Waals surface area (Å²) < 4.78 is 34.1. The van der Waals surface area contributed by atoms with Crippen LogP contribution in [0.5, 0.6) is 0 Å². The highest BCUT2D eigenvalue weighted by Gasteiger charge is 2.21. The number of carbonyl (C=O) groups excluding carboxylic acids is 2. The summed E-state index contributed by atoms with van der Waals surface area (Å²) in [5.74, 6) is -0.936. The van der Waals surface area contributed by atoms with Gasteiger partial charge in [0, 0.05) is 12.8 Å². The zero-order chi connectivity index (χ0) is 62.6. The van der Waals surface area contributed by atoms with E-state index in [1.54, 1.807) is 0 Å². The van der Waals surface area contributed by atoms with Crippen molar-refractivity contribution in [2.45, 2.75) is 200 Å². The van der Waals surface area contributed by atoms with E-state index in [2.05, 4.69) is 233 Å². The van der Waals surface area contributed by atoms with Crippen LogP contribution in [0.1, 0.15) is 194 Å². The number of unbranched alkanes of at least 4 members (excludes halogenated alkanes) is 6. The van der Waals surface area contributed by atoms with Gasteiger partial charge < -0.3 is 27.9 Å². The van der Waals surface area contributed by atoms with Crippen LogP contribution in [0, 0.1) is 0 Å². The van der Waals surface area contributed by atoms with Crippen molar-refractivity contribution in [3.05, 3.63) is 219 Å². The lowest BCUT2D eigenvalue weighted by atomic mass is 10.1. The fraction of sp³-hybridized carbons (Fsp3) is 0.500. The first-order valence-corrected chi connectivity index (χ1v) is 33.9. The number of phosphoric ester groups is 1. The van der Waals surface area contributed by atoms with Crippen LogP contribution < -0.4 is 4.89 Å². The van der Waals surface area contributed by atoms with Crippen molar-refractivity contribution in [2.75, 3.05) is 47.5 Å². The SMILES string of the molecule is CC/C=C\C/C=C\C/C=C\C/C=C\C/C=C\C/C=C\C/C=C\C/C=C\C/C=C\C/C=C\C/C=C\C/C=C\CCCCC(=O)OC(COC(=O)CCCCCC/C=C\C/C=C\C/C=C\C/C=C\C/C=C\C/C=C\CC)COP(=O)([O-])OCC[N+](C)(C)C. The van der Waals surface area contributed by atoms with Crippen LogP contribution in [-0.4, -0.2) is 70.0 Å². The molecule has 0 amide bonds. The number of nitrogens with zero attached hydrogens (tertiary/aromatic N) is 1. The van der Waals surface area contributed by atoms with Crippen molar-refractivity contribution >= 4 is 19.8 Å². The molecule has 0 spiro atoms. The first-order valence-electron chi connectivity index (χ1n) is 32.4. The summed E-state index contributed by atoms with van der Waals surface area (Å²) in [7, 11) is 1.08. The summed E-state index contributed by atoms with van der Waals surface area (Å²) in [6, 6.07) is 0. The third-order valence-electron chi connectivity index (χ3n) is 12.5. The molecule has 10 heteroatoms. The van der Waals surface area contributed by atoms with Crippen LogP contribution in [-0.2, 0) is 32.7 Å². The van der Waals surface area contributed by atoms with E-state index in [0.717, 1.165) is 154 Å². The Bertz CT molecular complexity index is 2250. The number of hydrogen-bond acceptors (Lipinski definition) is 8. The van der Waals surface area contributed by atoms with E-state index in [0.29, 0.717) is 23.9 Å². The molecular weight excluding hydrogens is 1090 g/mol. The first kappa shape index (κ1) is 80.3. The van der Waals surface area contributed by atoms with Crippen molar-refractivity contribution in [3.8, 4) is 0 Å². The van der Waals surface area contributed by atoms with Gasteiger partial charge in [0.25, 0.3) is 7.82 Å². The summed E-state index contributed by atoms with van der Waals surface area (Å²) in [6.07, 6.45) is 103. The third kappa shape index (κ3) is 67.5. The Kier molecular flexibility index (Phi) is 59.6. The largest absolute Gasteiger partial charge is 0.756 e. The van der Waals surface area contributed by atoms with Crippen LogP contribution in [0.3, 0.4) is 0 Å². The Balaban J connectivity index is 4.31. The molecule has 86 heavy (non-hydrogen) atoms. The maximum absolute atomic E-state index is 12.8. The number of carbonyl (C=O) groups is 2. The van der Waals surface area contributed by atoms with Crippen molar-refractivity contribution < 1.29 is 42.1 Å². The highest BCUT2D eigenvalue weighted by Crippen LogP contribution is 2.38. The zero-order valence-electron chi connectivity index (χ0n) is 54.1. The Labute approximate surface area is 525 Å². The maximum Gasteiger partial charge on any atom is 0.306 e. The van der Waals surface area contributed by atoms with Gasteiger partial charge in [-0.3, -0.25) is 14.2 Å². The molecule has 0 aliphatic carbocycles. The van der Waals surface area contributed by atoms with Crippen LogP contribution in [0.2, 0.25) is 0 Å². The lowest BCUT2D eigenvalue weighted by molar-refractivity contribution is -0.870.